The van der Waals surface area contributed by atoms with Crippen LogP contribution in [0.3, 0.4) is 0 Å². The standard InChI is InChI=1S/C16H26N2O3S/c1-5-6-11-17-15(19)12-18-22(20,21)14-9-7-13(8-10-14)16(2,3)4/h7-10,18H,5-6,11-12H2,1-4H3,(H,17,19). The summed E-state index contributed by atoms with van der Waals surface area (Å²) in [6, 6.07) is 6.74. The second-order valence-corrected chi connectivity index (χ2v) is 8.07. The van der Waals surface area contributed by atoms with E-state index in [1.807, 2.05) is 6.92 Å². The van der Waals surface area contributed by atoms with Crippen LogP contribution < -0.4 is 10.0 Å². The molecule has 0 aliphatic rings. The molecule has 0 aromatic heterocycles. The van der Waals surface area contributed by atoms with Crippen molar-refractivity contribution in [3.8, 4) is 0 Å². The molecule has 2 N–H and O–H groups in total. The molecule has 1 aromatic carbocycles. The molecule has 0 radical (unpaired) electrons. The molecule has 0 spiro atoms. The maximum atomic E-state index is 12.1. The third kappa shape index (κ3) is 5.77. The number of hydrogen-bond donors (Lipinski definition) is 2. The highest BCUT2D eigenvalue weighted by Crippen LogP contribution is 2.23. The summed E-state index contributed by atoms with van der Waals surface area (Å²) in [4.78, 5) is 11.7. The second-order valence-electron chi connectivity index (χ2n) is 6.30. The van der Waals surface area contributed by atoms with E-state index >= 15 is 0 Å². The molecule has 124 valence electrons. The molecule has 1 rings (SSSR count). The molecule has 0 aliphatic heterocycles. The Labute approximate surface area is 133 Å². The van der Waals surface area contributed by atoms with E-state index in [0.717, 1.165) is 18.4 Å². The van der Waals surface area contributed by atoms with Gasteiger partial charge in [-0.3, -0.25) is 4.79 Å². The van der Waals surface area contributed by atoms with Gasteiger partial charge in [0.15, 0.2) is 0 Å². The maximum Gasteiger partial charge on any atom is 0.241 e. The Kier molecular flexibility index (Phi) is 6.56. The predicted molar refractivity (Wildman–Crippen MR) is 88.2 cm³/mol. The van der Waals surface area contributed by atoms with Gasteiger partial charge < -0.3 is 5.32 Å². The second kappa shape index (κ2) is 7.74. The quantitative estimate of drug-likeness (QED) is 0.754. The molecule has 0 saturated heterocycles. The van der Waals surface area contributed by atoms with Crippen molar-refractivity contribution in [2.75, 3.05) is 13.1 Å². The number of nitrogens with one attached hydrogen (secondary N) is 2. The molecule has 0 unspecified atom stereocenters. The number of amides is 1. The topological polar surface area (TPSA) is 75.3 Å². The van der Waals surface area contributed by atoms with Gasteiger partial charge in [0.1, 0.15) is 0 Å². The summed E-state index contributed by atoms with van der Waals surface area (Å²) in [7, 11) is -3.66. The highest BCUT2D eigenvalue weighted by molar-refractivity contribution is 7.89. The fourth-order valence-electron chi connectivity index (χ4n) is 1.85. The summed E-state index contributed by atoms with van der Waals surface area (Å²) >= 11 is 0. The van der Waals surface area contributed by atoms with Gasteiger partial charge in [-0.25, -0.2) is 13.1 Å². The van der Waals surface area contributed by atoms with E-state index in [1.165, 1.54) is 0 Å². The number of carbonyl (C=O) groups excluding carboxylic acids is 1. The maximum absolute atomic E-state index is 12.1. The zero-order valence-electron chi connectivity index (χ0n) is 13.8. The summed E-state index contributed by atoms with van der Waals surface area (Å²) < 4.78 is 26.6. The van der Waals surface area contributed by atoms with Crippen molar-refractivity contribution < 1.29 is 13.2 Å². The summed E-state index contributed by atoms with van der Waals surface area (Å²) in [5.41, 5.74) is 1.03. The van der Waals surface area contributed by atoms with Crippen LogP contribution in [0.5, 0.6) is 0 Å². The van der Waals surface area contributed by atoms with E-state index in [0.29, 0.717) is 6.54 Å². The SMILES string of the molecule is CCCCNC(=O)CNS(=O)(=O)c1ccc(C(C)(C)C)cc1. The van der Waals surface area contributed by atoms with Gasteiger partial charge in [0.2, 0.25) is 15.9 Å². The van der Waals surface area contributed by atoms with E-state index in [2.05, 4.69) is 30.8 Å². The van der Waals surface area contributed by atoms with E-state index < -0.39 is 10.0 Å². The van der Waals surface area contributed by atoms with Crippen LogP contribution in [0.15, 0.2) is 29.2 Å². The summed E-state index contributed by atoms with van der Waals surface area (Å²) in [6.45, 7) is 8.54. The molecule has 1 amide bonds. The van der Waals surface area contributed by atoms with Gasteiger partial charge in [-0.1, -0.05) is 46.2 Å². The van der Waals surface area contributed by atoms with Crippen LogP contribution in [0, 0.1) is 0 Å². The zero-order valence-corrected chi connectivity index (χ0v) is 14.6. The van der Waals surface area contributed by atoms with Crippen molar-refractivity contribution in [1.82, 2.24) is 10.0 Å². The summed E-state index contributed by atoms with van der Waals surface area (Å²) in [5.74, 6) is -0.316. The number of carbonyl (C=O) groups is 1. The minimum absolute atomic E-state index is 0.0329. The first-order valence-corrected chi connectivity index (χ1v) is 9.02. The minimum atomic E-state index is -3.66. The number of sulfonamides is 1. The van der Waals surface area contributed by atoms with Gasteiger partial charge in [0.05, 0.1) is 11.4 Å². The zero-order chi connectivity index (χ0) is 16.8. The van der Waals surface area contributed by atoms with Crippen molar-refractivity contribution in [3.05, 3.63) is 29.8 Å². The van der Waals surface area contributed by atoms with Crippen LogP contribution in [0.2, 0.25) is 0 Å². The molecule has 22 heavy (non-hydrogen) atoms. The van der Waals surface area contributed by atoms with Crippen molar-refractivity contribution >= 4 is 15.9 Å². The first-order chi connectivity index (χ1) is 10.2. The Morgan fingerprint density at radius 1 is 1.14 bits per heavy atom. The van der Waals surface area contributed by atoms with Gasteiger partial charge in [-0.2, -0.15) is 0 Å². The predicted octanol–water partition coefficient (Wildman–Crippen LogP) is 2.18. The Bertz CT molecular complexity index is 587. The number of hydrogen-bond acceptors (Lipinski definition) is 3. The fraction of sp³-hybridized carbons (Fsp3) is 0.562. The lowest BCUT2D eigenvalue weighted by Gasteiger charge is -2.19. The lowest BCUT2D eigenvalue weighted by atomic mass is 9.87. The highest BCUT2D eigenvalue weighted by atomic mass is 32.2. The molecule has 0 heterocycles. The Hall–Kier alpha value is -1.40. The Morgan fingerprint density at radius 3 is 2.23 bits per heavy atom. The van der Waals surface area contributed by atoms with Crippen LogP contribution in [0.25, 0.3) is 0 Å². The molecule has 0 saturated carbocycles. The van der Waals surface area contributed by atoms with Crippen LogP contribution in [-0.2, 0) is 20.2 Å². The molecular weight excluding hydrogens is 300 g/mol. The number of benzene rings is 1. The van der Waals surface area contributed by atoms with E-state index in [9.17, 15) is 13.2 Å². The van der Waals surface area contributed by atoms with E-state index in [4.69, 9.17) is 0 Å². The molecule has 0 fully saturated rings. The number of unbranched alkanes of at least 4 members (excludes halogenated alkanes) is 1. The van der Waals surface area contributed by atoms with Gasteiger partial charge in [-0.05, 0) is 29.5 Å². The van der Waals surface area contributed by atoms with Crippen molar-refractivity contribution in [2.45, 2.75) is 50.8 Å². The van der Waals surface area contributed by atoms with Crippen molar-refractivity contribution in [3.63, 3.8) is 0 Å². The van der Waals surface area contributed by atoms with Crippen molar-refractivity contribution in [2.24, 2.45) is 0 Å². The summed E-state index contributed by atoms with van der Waals surface area (Å²) in [6.07, 6.45) is 1.86. The van der Waals surface area contributed by atoms with Crippen LogP contribution in [0.1, 0.15) is 46.1 Å². The fourth-order valence-corrected chi connectivity index (χ4v) is 2.83. The third-order valence-electron chi connectivity index (χ3n) is 3.31. The minimum Gasteiger partial charge on any atom is -0.355 e. The Morgan fingerprint density at radius 2 is 1.73 bits per heavy atom. The lowest BCUT2D eigenvalue weighted by Crippen LogP contribution is -2.37. The molecule has 6 heteroatoms. The average molecular weight is 326 g/mol. The average Bonchev–Trinajstić information content (AvgIpc) is 2.45. The molecule has 0 bridgehead atoms. The monoisotopic (exact) mass is 326 g/mol. The highest BCUT2D eigenvalue weighted by Gasteiger charge is 2.18. The normalized spacial score (nSPS) is 12.2. The van der Waals surface area contributed by atoms with E-state index in [1.54, 1.807) is 24.3 Å². The van der Waals surface area contributed by atoms with Crippen LogP contribution >= 0.6 is 0 Å². The molecular formula is C16H26N2O3S. The largest absolute Gasteiger partial charge is 0.355 e. The molecule has 0 atom stereocenters. The molecule has 5 nitrogen and oxygen atoms in total. The first kappa shape index (κ1) is 18.6. The van der Waals surface area contributed by atoms with Gasteiger partial charge in [0.25, 0.3) is 0 Å². The van der Waals surface area contributed by atoms with Crippen LogP contribution in [0.4, 0.5) is 0 Å². The Balaban J connectivity index is 2.65. The smallest absolute Gasteiger partial charge is 0.241 e. The summed E-state index contributed by atoms with van der Waals surface area (Å²) in [5, 5.41) is 2.67. The third-order valence-corrected chi connectivity index (χ3v) is 4.72. The van der Waals surface area contributed by atoms with Gasteiger partial charge in [-0.15, -0.1) is 0 Å². The van der Waals surface area contributed by atoms with Gasteiger partial charge >= 0.3 is 0 Å². The van der Waals surface area contributed by atoms with Crippen molar-refractivity contribution in [1.29, 1.82) is 0 Å². The van der Waals surface area contributed by atoms with E-state index in [-0.39, 0.29) is 22.8 Å². The first-order valence-electron chi connectivity index (χ1n) is 7.53. The van der Waals surface area contributed by atoms with Gasteiger partial charge in [0, 0.05) is 6.54 Å². The lowest BCUT2D eigenvalue weighted by molar-refractivity contribution is -0.119. The number of rotatable bonds is 7. The van der Waals surface area contributed by atoms with Crippen LogP contribution in [-0.4, -0.2) is 27.4 Å². The molecule has 1 aromatic rings. The molecule has 0 aliphatic carbocycles.